The molecule has 0 saturated carbocycles. The van der Waals surface area contributed by atoms with Gasteiger partial charge in [-0.3, -0.25) is 0 Å². The number of ether oxygens (including phenoxy) is 3. The molecule has 0 spiro atoms. The Morgan fingerprint density at radius 2 is 1.71 bits per heavy atom. The topological polar surface area (TPSA) is 122 Å². The van der Waals surface area contributed by atoms with Crippen molar-refractivity contribution >= 4 is 29.7 Å². The number of carbonyl (C=O) groups is 2. The zero-order valence-electron chi connectivity index (χ0n) is 21.9. The van der Waals surface area contributed by atoms with E-state index in [1.165, 1.54) is 7.11 Å². The Bertz CT molecular complexity index is 1420. The van der Waals surface area contributed by atoms with Crippen LogP contribution >= 0.6 is 0 Å². The molecule has 1 atom stereocenters. The fourth-order valence-electron chi connectivity index (χ4n) is 3.55. The number of carbonyl (C=O) groups excluding carboxylic acids is 2. The number of benzene rings is 2. The maximum atomic E-state index is 13.3. The van der Waals surface area contributed by atoms with Gasteiger partial charge >= 0.3 is 227 Å². The number of pyridine rings is 1. The van der Waals surface area contributed by atoms with E-state index in [9.17, 15) is 20.1 Å². The van der Waals surface area contributed by atoms with Crippen LogP contribution in [0, 0.1) is 29.6 Å². The summed E-state index contributed by atoms with van der Waals surface area (Å²) in [5.74, 6) is -0.385. The molecular formula is C29H28AsN3O5. The van der Waals surface area contributed by atoms with E-state index in [2.05, 4.69) is 17.1 Å². The van der Waals surface area contributed by atoms with E-state index >= 15 is 0 Å². The molecule has 0 N–H and O–H groups in total. The molecule has 3 rings (SSSR count). The summed E-state index contributed by atoms with van der Waals surface area (Å²) < 4.78 is 17.3. The van der Waals surface area contributed by atoms with E-state index in [1.54, 1.807) is 48.7 Å². The first kappa shape index (κ1) is 28.4. The number of nitrogens with zero attached hydrogens (tertiary/aromatic N) is 3. The summed E-state index contributed by atoms with van der Waals surface area (Å²) in [6.07, 6.45) is 1.57. The Hall–Kier alpha value is -4.13. The van der Waals surface area contributed by atoms with Crippen molar-refractivity contribution in [1.29, 1.82) is 10.5 Å². The van der Waals surface area contributed by atoms with Gasteiger partial charge in [0.1, 0.15) is 0 Å². The zero-order valence-corrected chi connectivity index (χ0v) is 23.8. The Balaban J connectivity index is 2.01. The van der Waals surface area contributed by atoms with E-state index in [0.717, 1.165) is 15.5 Å². The number of esters is 1. The number of rotatable bonds is 8. The van der Waals surface area contributed by atoms with Gasteiger partial charge < -0.3 is 0 Å². The van der Waals surface area contributed by atoms with Crippen molar-refractivity contribution in [2.45, 2.75) is 45.1 Å². The second-order valence-electron chi connectivity index (χ2n) is 9.40. The normalized spacial score (nSPS) is 11.6. The van der Waals surface area contributed by atoms with E-state index < -0.39 is 26.2 Å². The van der Waals surface area contributed by atoms with Gasteiger partial charge in [-0.2, -0.15) is 0 Å². The van der Waals surface area contributed by atoms with Crippen LogP contribution in [0.3, 0.4) is 0 Å². The molecule has 0 aliphatic heterocycles. The minimum atomic E-state index is -2.54. The molecule has 0 bridgehead atoms. The Morgan fingerprint density at radius 1 is 1.03 bits per heavy atom. The number of methoxy groups -OCH3 is 1. The predicted octanol–water partition coefficient (Wildman–Crippen LogP) is 4.50. The van der Waals surface area contributed by atoms with Crippen molar-refractivity contribution in [1.82, 2.24) is 4.98 Å². The third kappa shape index (κ3) is 7.22. The van der Waals surface area contributed by atoms with Gasteiger partial charge in [-0.05, 0) is 0 Å². The number of aromatic nitrogens is 1. The molecule has 0 fully saturated rings. The molecule has 0 aliphatic rings. The monoisotopic (exact) mass is 573 g/mol. The fourth-order valence-corrected chi connectivity index (χ4v) is 7.90. The first-order valence-corrected chi connectivity index (χ1v) is 15.0. The molecule has 9 heteroatoms. The van der Waals surface area contributed by atoms with Crippen molar-refractivity contribution in [3.05, 3.63) is 88.2 Å². The summed E-state index contributed by atoms with van der Waals surface area (Å²) in [5.41, 5.74) is 2.52. The van der Waals surface area contributed by atoms with Crippen molar-refractivity contribution < 1.29 is 23.8 Å². The molecule has 38 heavy (non-hydrogen) atoms. The van der Waals surface area contributed by atoms with Crippen molar-refractivity contribution in [3.8, 4) is 17.9 Å². The first-order chi connectivity index (χ1) is 18.1. The Kier molecular flexibility index (Phi) is 9.29. The molecule has 0 radical (unpaired) electrons. The molecule has 1 unspecified atom stereocenters. The predicted molar refractivity (Wildman–Crippen MR) is 142 cm³/mol. The van der Waals surface area contributed by atoms with Gasteiger partial charge in [0.15, 0.2) is 0 Å². The molecule has 1 aromatic heterocycles. The number of hydrogen-bond donors (Lipinski definition) is 0. The molecule has 194 valence electrons. The van der Waals surface area contributed by atoms with Crippen LogP contribution in [0.25, 0.3) is 0 Å². The van der Waals surface area contributed by atoms with Crippen LogP contribution in [0.5, 0.6) is 5.75 Å². The summed E-state index contributed by atoms with van der Waals surface area (Å²) in [4.78, 5) is 30.2. The quantitative estimate of drug-likeness (QED) is 0.285. The van der Waals surface area contributed by atoms with Gasteiger partial charge in [0.2, 0.25) is 0 Å². The van der Waals surface area contributed by atoms with Gasteiger partial charge in [-0.25, -0.2) is 0 Å². The van der Waals surface area contributed by atoms with Crippen LogP contribution in [0.2, 0.25) is 0 Å². The van der Waals surface area contributed by atoms with Crippen molar-refractivity contribution in [2.24, 2.45) is 0 Å². The first-order valence-electron chi connectivity index (χ1n) is 11.8. The molecule has 1 heterocycles. The van der Waals surface area contributed by atoms with Gasteiger partial charge in [-0.1, -0.05) is 0 Å². The van der Waals surface area contributed by atoms with Crippen LogP contribution in [-0.4, -0.2) is 43.1 Å². The van der Waals surface area contributed by atoms with E-state index in [0.29, 0.717) is 21.9 Å². The van der Waals surface area contributed by atoms with Crippen LogP contribution in [-0.2, 0) is 21.3 Å². The van der Waals surface area contributed by atoms with Crippen LogP contribution in [0.1, 0.15) is 59.1 Å². The average Bonchev–Trinajstić information content (AvgIpc) is 2.90. The van der Waals surface area contributed by atoms with Gasteiger partial charge in [0.05, 0.1) is 0 Å². The minimum absolute atomic E-state index is 0.0277. The van der Waals surface area contributed by atoms with E-state index in [-0.39, 0.29) is 22.8 Å². The second kappa shape index (κ2) is 12.4. The molecule has 0 amide bonds. The zero-order chi connectivity index (χ0) is 27.9. The molecule has 8 nitrogen and oxygen atoms in total. The summed E-state index contributed by atoms with van der Waals surface area (Å²) in [7, 11) is 1.27. The van der Waals surface area contributed by atoms with Crippen molar-refractivity contribution in [2.75, 3.05) is 7.11 Å². The van der Waals surface area contributed by atoms with E-state index in [4.69, 9.17) is 14.2 Å². The van der Waals surface area contributed by atoms with Gasteiger partial charge in [0.25, 0.3) is 0 Å². The molecular weight excluding hydrogens is 545 g/mol. The summed E-state index contributed by atoms with van der Waals surface area (Å²) in [6, 6.07) is 18.2. The van der Waals surface area contributed by atoms with Crippen LogP contribution in [0.15, 0.2) is 54.7 Å². The second-order valence-corrected chi connectivity index (χ2v) is 13.7. The molecule has 2 aromatic carbocycles. The van der Waals surface area contributed by atoms with E-state index in [1.807, 2.05) is 33.8 Å². The average molecular weight is 573 g/mol. The summed E-state index contributed by atoms with van der Waals surface area (Å²) in [6.45, 7) is 7.38. The fraction of sp³-hybridized carbons (Fsp3) is 0.276. The third-order valence-corrected chi connectivity index (χ3v) is 9.88. The van der Waals surface area contributed by atoms with Gasteiger partial charge in [0, 0.05) is 0 Å². The Morgan fingerprint density at radius 3 is 2.32 bits per heavy atom. The molecule has 3 aromatic rings. The van der Waals surface area contributed by atoms with Crippen molar-refractivity contribution in [3.63, 3.8) is 0 Å². The molecule has 0 saturated heterocycles. The standard InChI is InChI=1S/C29H28AsN3O5/c1-19-23(14-30(28(35)38-29(2,3)4)24-11-9-20(15-31)10-12-24)17-33-25(27(34)36-5)26(19)37-18-22-8-6-7-21(13-22)16-32/h6-13,17H,14,18H2,1-5H3. The summed E-state index contributed by atoms with van der Waals surface area (Å²) in [5, 5.41) is 18.7. The Labute approximate surface area is 227 Å². The SMILES string of the molecule is COC(=O)c1ncc(C[As](C(=O)OC(C)(C)C)c2ccc(C#N)cc2)c(C)c1OCc1cccc(C#N)c1. The third-order valence-electron chi connectivity index (χ3n) is 5.46. The number of nitriles is 2. The molecule has 0 aliphatic carbocycles. The van der Waals surface area contributed by atoms with Crippen LogP contribution < -0.4 is 9.09 Å². The maximum absolute atomic E-state index is 13.3. The number of hydrogen-bond acceptors (Lipinski definition) is 8. The van der Waals surface area contributed by atoms with Crippen LogP contribution in [0.4, 0.5) is 4.79 Å². The summed E-state index contributed by atoms with van der Waals surface area (Å²) >= 11 is -2.54. The van der Waals surface area contributed by atoms with Gasteiger partial charge in [-0.15, -0.1) is 0 Å².